The summed E-state index contributed by atoms with van der Waals surface area (Å²) in [6.45, 7) is 0. The maximum absolute atomic E-state index is 12.5. The molecule has 2 aromatic rings. The lowest BCUT2D eigenvalue weighted by Gasteiger charge is -2.26. The summed E-state index contributed by atoms with van der Waals surface area (Å²) in [5.74, 6) is 0.734. The summed E-state index contributed by atoms with van der Waals surface area (Å²) >= 11 is 23.6. The molecule has 5 nitrogen and oxygen atoms in total. The van der Waals surface area contributed by atoms with E-state index in [9.17, 15) is 4.79 Å². The molecular formula is C17H15Cl4NO4. The lowest BCUT2D eigenvalue weighted by molar-refractivity contribution is 0.0832. The molecule has 0 saturated carbocycles. The summed E-state index contributed by atoms with van der Waals surface area (Å²) in [6.07, 6.45) is -1.24. The van der Waals surface area contributed by atoms with Crippen molar-refractivity contribution >= 4 is 52.3 Å². The Labute approximate surface area is 171 Å². The number of carbonyl (C=O) groups is 1. The highest BCUT2D eigenvalue weighted by Crippen LogP contribution is 2.33. The second-order valence-electron chi connectivity index (χ2n) is 5.04. The van der Waals surface area contributed by atoms with Crippen LogP contribution in [0.4, 0.5) is 0 Å². The van der Waals surface area contributed by atoms with E-state index in [2.05, 4.69) is 5.32 Å². The molecule has 0 radical (unpaired) electrons. The van der Waals surface area contributed by atoms with Gasteiger partial charge in [0.15, 0.2) is 11.5 Å². The Morgan fingerprint density at radius 2 is 1.62 bits per heavy atom. The number of alkyl halides is 3. The minimum absolute atomic E-state index is 0.279. The lowest BCUT2D eigenvalue weighted by atomic mass is 10.2. The molecule has 0 heterocycles. The third kappa shape index (κ3) is 5.48. The molecule has 0 aliphatic rings. The summed E-state index contributed by atoms with van der Waals surface area (Å²) in [7, 11) is 2.96. The van der Waals surface area contributed by atoms with Crippen molar-refractivity contribution in [1.29, 1.82) is 0 Å². The topological polar surface area (TPSA) is 56.8 Å². The second kappa shape index (κ2) is 8.91. The van der Waals surface area contributed by atoms with Gasteiger partial charge in [-0.1, -0.05) is 46.4 Å². The largest absolute Gasteiger partial charge is 0.493 e. The number of ether oxygens (including phenoxy) is 3. The Bertz CT molecular complexity index is 762. The van der Waals surface area contributed by atoms with Gasteiger partial charge in [-0.3, -0.25) is 4.79 Å². The molecule has 2 rings (SSSR count). The molecule has 0 spiro atoms. The van der Waals surface area contributed by atoms with Crippen molar-refractivity contribution in [2.75, 3.05) is 14.2 Å². The van der Waals surface area contributed by atoms with Crippen molar-refractivity contribution in [3.63, 3.8) is 0 Å². The van der Waals surface area contributed by atoms with Crippen LogP contribution in [0.5, 0.6) is 17.2 Å². The van der Waals surface area contributed by atoms with Crippen LogP contribution in [0, 0.1) is 0 Å². The fraction of sp³-hybridized carbons (Fsp3) is 0.235. The van der Waals surface area contributed by atoms with Crippen LogP contribution in [-0.4, -0.2) is 30.1 Å². The molecule has 0 aliphatic carbocycles. The van der Waals surface area contributed by atoms with Crippen molar-refractivity contribution in [3.05, 3.63) is 53.1 Å². The van der Waals surface area contributed by atoms with Crippen molar-refractivity contribution < 1.29 is 19.0 Å². The van der Waals surface area contributed by atoms with Gasteiger partial charge in [0.2, 0.25) is 10.0 Å². The van der Waals surface area contributed by atoms with Gasteiger partial charge in [0.25, 0.3) is 5.91 Å². The van der Waals surface area contributed by atoms with E-state index in [1.165, 1.54) is 20.3 Å². The first-order chi connectivity index (χ1) is 12.2. The Morgan fingerprint density at radius 3 is 2.15 bits per heavy atom. The van der Waals surface area contributed by atoms with Crippen LogP contribution < -0.4 is 19.5 Å². The molecular weight excluding hydrogens is 424 g/mol. The lowest BCUT2D eigenvalue weighted by Crippen LogP contribution is -2.47. The quantitative estimate of drug-likeness (QED) is 0.516. The van der Waals surface area contributed by atoms with Gasteiger partial charge in [0.1, 0.15) is 5.75 Å². The molecule has 1 amide bonds. The number of amides is 1. The van der Waals surface area contributed by atoms with Crippen LogP contribution in [0.15, 0.2) is 42.5 Å². The van der Waals surface area contributed by atoms with Crippen LogP contribution in [0.1, 0.15) is 10.4 Å². The third-order valence-corrected chi connectivity index (χ3v) is 4.12. The van der Waals surface area contributed by atoms with Crippen LogP contribution in [0.2, 0.25) is 5.02 Å². The number of hydrogen-bond acceptors (Lipinski definition) is 4. The van der Waals surface area contributed by atoms with E-state index in [1.807, 2.05) is 0 Å². The van der Waals surface area contributed by atoms with Gasteiger partial charge in [0, 0.05) is 10.6 Å². The van der Waals surface area contributed by atoms with Crippen molar-refractivity contribution in [1.82, 2.24) is 5.32 Å². The molecule has 140 valence electrons. The predicted octanol–water partition coefficient (Wildman–Crippen LogP) is 4.86. The fourth-order valence-electron chi connectivity index (χ4n) is 2.01. The Balaban J connectivity index is 2.20. The van der Waals surface area contributed by atoms with E-state index in [4.69, 9.17) is 60.6 Å². The van der Waals surface area contributed by atoms with E-state index >= 15 is 0 Å². The van der Waals surface area contributed by atoms with Gasteiger partial charge in [-0.15, -0.1) is 0 Å². The van der Waals surface area contributed by atoms with Crippen molar-refractivity contribution in [2.45, 2.75) is 10.0 Å². The Hall–Kier alpha value is -1.53. The Morgan fingerprint density at radius 1 is 1.00 bits per heavy atom. The molecule has 0 aromatic heterocycles. The van der Waals surface area contributed by atoms with E-state index < -0.39 is 15.9 Å². The van der Waals surface area contributed by atoms with Crippen molar-refractivity contribution in [3.8, 4) is 17.2 Å². The van der Waals surface area contributed by atoms with Crippen molar-refractivity contribution in [2.24, 2.45) is 0 Å². The van der Waals surface area contributed by atoms with Gasteiger partial charge in [-0.05, 0) is 42.5 Å². The maximum Gasteiger partial charge on any atom is 0.254 e. The highest BCUT2D eigenvalue weighted by atomic mass is 35.6. The van der Waals surface area contributed by atoms with Crippen LogP contribution >= 0.6 is 46.4 Å². The molecule has 0 fully saturated rings. The van der Waals surface area contributed by atoms with E-state index in [-0.39, 0.29) is 5.56 Å². The standard InChI is InChI=1S/C17H15Cl4NO4/c1-24-13-8-3-10(9-14(13)25-2)15(23)22-16(17(19,20)21)26-12-6-4-11(18)5-7-12/h3-9,16H,1-2H3,(H,22,23)/t16-/m1/s1. The van der Waals surface area contributed by atoms with Crippen LogP contribution in [0.25, 0.3) is 0 Å². The molecule has 1 atom stereocenters. The summed E-state index contributed by atoms with van der Waals surface area (Å²) in [6, 6.07) is 11.1. The monoisotopic (exact) mass is 437 g/mol. The highest BCUT2D eigenvalue weighted by Gasteiger charge is 2.36. The first-order valence-corrected chi connectivity index (χ1v) is 8.77. The number of carbonyl (C=O) groups excluding carboxylic acids is 1. The third-order valence-electron chi connectivity index (χ3n) is 3.27. The number of methoxy groups -OCH3 is 2. The number of hydrogen-bond donors (Lipinski definition) is 1. The molecule has 26 heavy (non-hydrogen) atoms. The first-order valence-electron chi connectivity index (χ1n) is 7.26. The average Bonchev–Trinajstić information content (AvgIpc) is 2.61. The molecule has 0 unspecified atom stereocenters. The SMILES string of the molecule is COc1ccc(C(=O)N[C@H](Oc2ccc(Cl)cc2)C(Cl)(Cl)Cl)cc1OC. The second-order valence-corrected chi connectivity index (χ2v) is 7.84. The summed E-state index contributed by atoms with van der Waals surface area (Å²) in [5.41, 5.74) is 0.279. The number of rotatable bonds is 6. The predicted molar refractivity (Wildman–Crippen MR) is 103 cm³/mol. The van der Waals surface area contributed by atoms with Crippen LogP contribution in [0.3, 0.4) is 0 Å². The minimum Gasteiger partial charge on any atom is -0.493 e. The first kappa shape index (κ1) is 20.8. The molecule has 1 N–H and O–H groups in total. The maximum atomic E-state index is 12.5. The fourth-order valence-corrected chi connectivity index (χ4v) is 2.43. The number of benzene rings is 2. The van der Waals surface area contributed by atoms with E-state index in [1.54, 1.807) is 36.4 Å². The summed E-state index contributed by atoms with van der Waals surface area (Å²) in [4.78, 5) is 12.5. The van der Waals surface area contributed by atoms with Crippen LogP contribution in [-0.2, 0) is 0 Å². The smallest absolute Gasteiger partial charge is 0.254 e. The molecule has 0 bridgehead atoms. The van der Waals surface area contributed by atoms with Gasteiger partial charge in [-0.2, -0.15) is 0 Å². The normalized spacial score (nSPS) is 12.2. The van der Waals surface area contributed by atoms with Gasteiger partial charge in [0.05, 0.1) is 14.2 Å². The zero-order valence-electron chi connectivity index (χ0n) is 13.8. The van der Waals surface area contributed by atoms with Gasteiger partial charge < -0.3 is 19.5 Å². The summed E-state index contributed by atoms with van der Waals surface area (Å²) < 4.78 is 14.0. The van der Waals surface area contributed by atoms with E-state index in [0.717, 1.165) is 0 Å². The zero-order chi connectivity index (χ0) is 19.3. The van der Waals surface area contributed by atoms with E-state index in [0.29, 0.717) is 22.3 Å². The van der Waals surface area contributed by atoms with Gasteiger partial charge >= 0.3 is 0 Å². The molecule has 0 aliphatic heterocycles. The average molecular weight is 439 g/mol. The molecule has 2 aromatic carbocycles. The Kier molecular flexibility index (Phi) is 7.12. The highest BCUT2D eigenvalue weighted by molar-refractivity contribution is 6.68. The minimum atomic E-state index is -1.91. The zero-order valence-corrected chi connectivity index (χ0v) is 16.8. The number of halogens is 4. The molecule has 9 heteroatoms. The van der Waals surface area contributed by atoms with Gasteiger partial charge in [-0.25, -0.2) is 0 Å². The summed E-state index contributed by atoms with van der Waals surface area (Å²) in [5, 5.41) is 3.06. The molecule has 0 saturated heterocycles. The number of nitrogens with one attached hydrogen (secondary N) is 1.